The molecule has 3 nitrogen and oxygen atoms in total. The molecule has 0 aromatic heterocycles. The first-order valence-electron chi connectivity index (χ1n) is 7.86. The summed E-state index contributed by atoms with van der Waals surface area (Å²) in [6.07, 6.45) is 4.05. The van der Waals surface area contributed by atoms with Gasteiger partial charge in [-0.3, -0.25) is 0 Å². The molecule has 1 aromatic carbocycles. The van der Waals surface area contributed by atoms with Gasteiger partial charge in [0, 0.05) is 23.7 Å². The van der Waals surface area contributed by atoms with E-state index in [9.17, 15) is 0 Å². The van der Waals surface area contributed by atoms with Crippen LogP contribution in [0.1, 0.15) is 45.1 Å². The van der Waals surface area contributed by atoms with E-state index in [2.05, 4.69) is 19.2 Å². The Morgan fingerprint density at radius 1 is 1.19 bits per heavy atom. The lowest BCUT2D eigenvalue weighted by molar-refractivity contribution is 0.272. The Balaban J connectivity index is 2.40. The zero-order chi connectivity index (χ0) is 15.5. The van der Waals surface area contributed by atoms with Gasteiger partial charge in [-0.15, -0.1) is 0 Å². The van der Waals surface area contributed by atoms with Crippen molar-refractivity contribution in [3.63, 3.8) is 0 Å². The Kier molecular flexibility index (Phi) is 9.48. The van der Waals surface area contributed by atoms with Crippen molar-refractivity contribution >= 4 is 11.6 Å². The number of nitrogens with one attached hydrogen (secondary N) is 1. The molecule has 0 spiro atoms. The van der Waals surface area contributed by atoms with Gasteiger partial charge in [-0.2, -0.15) is 0 Å². The van der Waals surface area contributed by atoms with E-state index in [1.165, 1.54) is 0 Å². The Morgan fingerprint density at radius 2 is 1.95 bits per heavy atom. The fourth-order valence-electron chi connectivity index (χ4n) is 2.07. The SMILES string of the molecule is CC(C)CNCc1cc(Cl)ccc1OCCCCCCO. The Hall–Kier alpha value is -0.770. The molecule has 0 heterocycles. The standard InChI is InChI=1S/C17H28ClNO2/c1-14(2)12-19-13-15-11-16(18)7-8-17(15)21-10-6-4-3-5-9-20/h7-8,11,14,19-20H,3-6,9-10,12-13H2,1-2H3. The van der Waals surface area contributed by atoms with E-state index < -0.39 is 0 Å². The first-order chi connectivity index (χ1) is 10.1. The van der Waals surface area contributed by atoms with E-state index in [1.54, 1.807) is 0 Å². The minimum atomic E-state index is 0.281. The molecular formula is C17H28ClNO2. The van der Waals surface area contributed by atoms with Crippen LogP contribution in [0.25, 0.3) is 0 Å². The molecule has 0 fully saturated rings. The molecule has 0 amide bonds. The van der Waals surface area contributed by atoms with Gasteiger partial charge in [-0.05, 0) is 49.9 Å². The summed E-state index contributed by atoms with van der Waals surface area (Å²) >= 11 is 6.07. The van der Waals surface area contributed by atoms with Crippen LogP contribution >= 0.6 is 11.6 Å². The van der Waals surface area contributed by atoms with E-state index >= 15 is 0 Å². The van der Waals surface area contributed by atoms with Crippen LogP contribution in [0, 0.1) is 5.92 Å². The molecule has 0 unspecified atom stereocenters. The monoisotopic (exact) mass is 313 g/mol. The summed E-state index contributed by atoms with van der Waals surface area (Å²) in [5, 5.41) is 12.9. The van der Waals surface area contributed by atoms with Crippen LogP contribution in [0.3, 0.4) is 0 Å². The molecule has 1 aromatic rings. The molecule has 2 N–H and O–H groups in total. The normalized spacial score (nSPS) is 11.1. The van der Waals surface area contributed by atoms with Crippen LogP contribution in [0.2, 0.25) is 5.02 Å². The van der Waals surface area contributed by atoms with Crippen LogP contribution in [0.15, 0.2) is 18.2 Å². The number of halogens is 1. The highest BCUT2D eigenvalue weighted by Crippen LogP contribution is 2.23. The molecule has 4 heteroatoms. The zero-order valence-electron chi connectivity index (χ0n) is 13.2. The molecular weight excluding hydrogens is 286 g/mol. The van der Waals surface area contributed by atoms with Crippen molar-refractivity contribution < 1.29 is 9.84 Å². The average Bonchev–Trinajstić information content (AvgIpc) is 2.44. The van der Waals surface area contributed by atoms with Crippen molar-refractivity contribution in [2.75, 3.05) is 19.8 Å². The smallest absolute Gasteiger partial charge is 0.123 e. The van der Waals surface area contributed by atoms with Crippen LogP contribution in [0.4, 0.5) is 0 Å². The predicted molar refractivity (Wildman–Crippen MR) is 89.0 cm³/mol. The van der Waals surface area contributed by atoms with E-state index in [0.29, 0.717) is 12.5 Å². The third kappa shape index (κ3) is 8.30. The second-order valence-electron chi connectivity index (χ2n) is 5.76. The molecule has 1 rings (SSSR count). The number of hydrogen-bond acceptors (Lipinski definition) is 3. The predicted octanol–water partition coefficient (Wildman–Crippen LogP) is 4.02. The molecule has 0 bridgehead atoms. The van der Waals surface area contributed by atoms with Gasteiger partial charge in [-0.25, -0.2) is 0 Å². The van der Waals surface area contributed by atoms with Gasteiger partial charge in [0.15, 0.2) is 0 Å². The molecule has 21 heavy (non-hydrogen) atoms. The van der Waals surface area contributed by atoms with E-state index in [4.69, 9.17) is 21.4 Å². The highest BCUT2D eigenvalue weighted by atomic mass is 35.5. The van der Waals surface area contributed by atoms with Crippen LogP contribution in [-0.2, 0) is 6.54 Å². The Bertz CT molecular complexity index is 396. The first kappa shape index (κ1) is 18.3. The van der Waals surface area contributed by atoms with Crippen molar-refractivity contribution in [3.8, 4) is 5.75 Å². The highest BCUT2D eigenvalue weighted by molar-refractivity contribution is 6.30. The highest BCUT2D eigenvalue weighted by Gasteiger charge is 2.05. The van der Waals surface area contributed by atoms with Gasteiger partial charge in [0.25, 0.3) is 0 Å². The summed E-state index contributed by atoms with van der Waals surface area (Å²) in [6, 6.07) is 5.78. The lowest BCUT2D eigenvalue weighted by Crippen LogP contribution is -2.19. The maximum atomic E-state index is 8.73. The van der Waals surface area contributed by atoms with E-state index in [-0.39, 0.29) is 6.61 Å². The second-order valence-corrected chi connectivity index (χ2v) is 6.20. The van der Waals surface area contributed by atoms with Gasteiger partial charge < -0.3 is 15.2 Å². The second kappa shape index (κ2) is 10.9. The number of hydrogen-bond donors (Lipinski definition) is 2. The fraction of sp³-hybridized carbons (Fsp3) is 0.647. The molecule has 0 saturated heterocycles. The third-order valence-corrected chi connectivity index (χ3v) is 3.44. The Morgan fingerprint density at radius 3 is 2.67 bits per heavy atom. The topological polar surface area (TPSA) is 41.5 Å². The van der Waals surface area contributed by atoms with E-state index in [0.717, 1.165) is 55.1 Å². The average molecular weight is 314 g/mol. The van der Waals surface area contributed by atoms with Gasteiger partial charge in [0.2, 0.25) is 0 Å². The summed E-state index contributed by atoms with van der Waals surface area (Å²) in [4.78, 5) is 0. The largest absolute Gasteiger partial charge is 0.493 e. The molecule has 0 saturated carbocycles. The van der Waals surface area contributed by atoms with Crippen molar-refractivity contribution in [1.29, 1.82) is 0 Å². The zero-order valence-corrected chi connectivity index (χ0v) is 14.0. The minimum absolute atomic E-state index is 0.281. The quantitative estimate of drug-likeness (QED) is 0.606. The number of aliphatic hydroxyl groups is 1. The van der Waals surface area contributed by atoms with Crippen LogP contribution in [0.5, 0.6) is 5.75 Å². The third-order valence-electron chi connectivity index (χ3n) is 3.20. The number of unbranched alkanes of at least 4 members (excludes halogenated alkanes) is 3. The molecule has 0 radical (unpaired) electrons. The lowest BCUT2D eigenvalue weighted by atomic mass is 10.1. The van der Waals surface area contributed by atoms with Gasteiger partial charge in [0.05, 0.1) is 6.61 Å². The Labute approximate surface area is 133 Å². The lowest BCUT2D eigenvalue weighted by Gasteiger charge is -2.13. The molecule has 0 aliphatic rings. The molecule has 120 valence electrons. The summed E-state index contributed by atoms with van der Waals surface area (Å²) in [5.74, 6) is 1.54. The van der Waals surface area contributed by atoms with Crippen molar-refractivity contribution in [1.82, 2.24) is 5.32 Å². The number of benzene rings is 1. The van der Waals surface area contributed by atoms with Crippen LogP contribution < -0.4 is 10.1 Å². The summed E-state index contributed by atoms with van der Waals surface area (Å²) in [7, 11) is 0. The summed E-state index contributed by atoms with van der Waals surface area (Å²) in [5.41, 5.74) is 1.11. The van der Waals surface area contributed by atoms with Gasteiger partial charge in [-0.1, -0.05) is 31.9 Å². The first-order valence-corrected chi connectivity index (χ1v) is 8.24. The van der Waals surface area contributed by atoms with Crippen molar-refractivity contribution in [2.45, 2.75) is 46.1 Å². The van der Waals surface area contributed by atoms with Crippen molar-refractivity contribution in [3.05, 3.63) is 28.8 Å². The molecule has 0 atom stereocenters. The maximum absolute atomic E-state index is 8.73. The van der Waals surface area contributed by atoms with Gasteiger partial charge >= 0.3 is 0 Å². The number of ether oxygens (including phenoxy) is 1. The van der Waals surface area contributed by atoms with E-state index in [1.807, 2.05) is 18.2 Å². The van der Waals surface area contributed by atoms with Gasteiger partial charge in [0.1, 0.15) is 5.75 Å². The fourth-order valence-corrected chi connectivity index (χ4v) is 2.27. The minimum Gasteiger partial charge on any atom is -0.493 e. The maximum Gasteiger partial charge on any atom is 0.123 e. The summed E-state index contributed by atoms with van der Waals surface area (Å²) in [6.45, 7) is 7.13. The number of aliphatic hydroxyl groups excluding tert-OH is 1. The van der Waals surface area contributed by atoms with Crippen LogP contribution in [-0.4, -0.2) is 24.9 Å². The van der Waals surface area contributed by atoms with Crippen molar-refractivity contribution in [2.24, 2.45) is 5.92 Å². The summed E-state index contributed by atoms with van der Waals surface area (Å²) < 4.78 is 5.87. The number of rotatable bonds is 11. The molecule has 0 aliphatic carbocycles. The molecule has 0 aliphatic heterocycles.